The first kappa shape index (κ1) is 14.0. The van der Waals surface area contributed by atoms with Gasteiger partial charge in [0.15, 0.2) is 0 Å². The topological polar surface area (TPSA) is 54.9 Å². The van der Waals surface area contributed by atoms with Gasteiger partial charge in [-0.3, -0.25) is 4.79 Å². The minimum atomic E-state index is -2.51. The van der Waals surface area contributed by atoms with E-state index in [1.165, 1.54) is 24.3 Å². The van der Waals surface area contributed by atoms with Crippen molar-refractivity contribution >= 4 is 11.6 Å². The van der Waals surface area contributed by atoms with Crippen molar-refractivity contribution in [1.82, 2.24) is 10.2 Å². The van der Waals surface area contributed by atoms with Crippen molar-refractivity contribution < 1.29 is 13.6 Å². The predicted molar refractivity (Wildman–Crippen MR) is 70.5 cm³/mol. The molecule has 2 rings (SSSR count). The number of hydrogen-bond acceptors (Lipinski definition) is 3. The summed E-state index contributed by atoms with van der Waals surface area (Å²) in [4.78, 5) is 11.8. The number of rotatable bonds is 4. The lowest BCUT2D eigenvalue weighted by molar-refractivity contribution is -0.115. The van der Waals surface area contributed by atoms with Crippen molar-refractivity contribution in [2.24, 2.45) is 0 Å². The molecule has 0 bridgehead atoms. The average molecular weight is 277 g/mol. The molecule has 1 aromatic heterocycles. The summed E-state index contributed by atoms with van der Waals surface area (Å²) in [5.41, 5.74) is 1.72. The van der Waals surface area contributed by atoms with Gasteiger partial charge in [-0.1, -0.05) is 12.1 Å². The predicted octanol–water partition coefficient (Wildman–Crippen LogP) is 2.90. The third kappa shape index (κ3) is 3.81. The summed E-state index contributed by atoms with van der Waals surface area (Å²) >= 11 is 0. The van der Waals surface area contributed by atoms with Crippen molar-refractivity contribution in [2.45, 2.75) is 19.8 Å². The molecule has 1 aromatic carbocycles. The number of carbonyl (C=O) groups is 1. The second-order valence-corrected chi connectivity index (χ2v) is 4.31. The summed E-state index contributed by atoms with van der Waals surface area (Å²) in [5.74, 6) is -0.270. The number of aromatic nitrogens is 2. The van der Waals surface area contributed by atoms with E-state index >= 15 is 0 Å². The number of amides is 1. The fourth-order valence-corrected chi connectivity index (χ4v) is 1.60. The van der Waals surface area contributed by atoms with Crippen LogP contribution in [0.3, 0.4) is 0 Å². The monoisotopic (exact) mass is 277 g/mol. The Morgan fingerprint density at radius 2 is 1.85 bits per heavy atom. The first-order valence-corrected chi connectivity index (χ1v) is 6.02. The van der Waals surface area contributed by atoms with Crippen molar-refractivity contribution in [2.75, 3.05) is 5.32 Å². The number of benzene rings is 1. The Morgan fingerprint density at radius 3 is 2.40 bits per heavy atom. The molecular formula is C14H13F2N3O. The Hall–Kier alpha value is -2.37. The van der Waals surface area contributed by atoms with E-state index in [1.807, 2.05) is 0 Å². The van der Waals surface area contributed by atoms with E-state index in [0.29, 0.717) is 11.4 Å². The van der Waals surface area contributed by atoms with Crippen LogP contribution >= 0.6 is 0 Å². The molecule has 0 atom stereocenters. The highest BCUT2D eigenvalue weighted by Crippen LogP contribution is 2.20. The molecule has 0 aliphatic carbocycles. The third-order valence-corrected chi connectivity index (χ3v) is 2.64. The van der Waals surface area contributed by atoms with Crippen LogP contribution < -0.4 is 5.32 Å². The van der Waals surface area contributed by atoms with Crippen molar-refractivity contribution in [3.8, 4) is 0 Å². The number of hydrogen-bond donors (Lipinski definition) is 1. The van der Waals surface area contributed by atoms with Crippen LogP contribution in [0.5, 0.6) is 0 Å². The van der Waals surface area contributed by atoms with Gasteiger partial charge >= 0.3 is 0 Å². The number of carbonyl (C=O) groups excluding carboxylic acids is 1. The number of anilines is 1. The normalized spacial score (nSPS) is 10.6. The summed E-state index contributed by atoms with van der Waals surface area (Å²) in [7, 11) is 0. The van der Waals surface area contributed by atoms with Gasteiger partial charge in [0.25, 0.3) is 6.43 Å². The van der Waals surface area contributed by atoms with E-state index in [4.69, 9.17) is 0 Å². The van der Waals surface area contributed by atoms with E-state index in [9.17, 15) is 13.6 Å². The lowest BCUT2D eigenvalue weighted by Crippen LogP contribution is -2.15. The fraction of sp³-hybridized carbons (Fsp3) is 0.214. The molecule has 20 heavy (non-hydrogen) atoms. The van der Waals surface area contributed by atoms with E-state index < -0.39 is 6.43 Å². The molecule has 0 fully saturated rings. The molecule has 0 saturated carbocycles. The van der Waals surface area contributed by atoms with Gasteiger partial charge in [0.05, 0.1) is 17.8 Å². The molecule has 0 saturated heterocycles. The molecule has 2 aromatic rings. The van der Waals surface area contributed by atoms with Crippen molar-refractivity contribution in [1.29, 1.82) is 0 Å². The Kier molecular flexibility index (Phi) is 4.34. The van der Waals surface area contributed by atoms with E-state index in [1.54, 1.807) is 19.1 Å². The molecule has 0 unspecified atom stereocenters. The van der Waals surface area contributed by atoms with Crippen LogP contribution in [-0.4, -0.2) is 16.1 Å². The molecule has 0 aliphatic heterocycles. The summed E-state index contributed by atoms with van der Waals surface area (Å²) in [6.07, 6.45) is -2.42. The van der Waals surface area contributed by atoms with Crippen LogP contribution in [0.25, 0.3) is 0 Å². The van der Waals surface area contributed by atoms with Crippen LogP contribution in [-0.2, 0) is 11.2 Å². The molecule has 0 radical (unpaired) electrons. The lowest BCUT2D eigenvalue weighted by Gasteiger charge is -2.06. The Labute approximate surface area is 114 Å². The van der Waals surface area contributed by atoms with Gasteiger partial charge < -0.3 is 5.32 Å². The zero-order valence-electron chi connectivity index (χ0n) is 10.8. The summed E-state index contributed by atoms with van der Waals surface area (Å²) in [6, 6.07) is 8.95. The standard InChI is InChI=1S/C14H13F2N3O/c1-9-2-5-12(19-18-9)8-13(20)17-11-6-3-10(4-7-11)14(15)16/h2-7,14H,8H2,1H3,(H,17,20). The molecule has 4 nitrogen and oxygen atoms in total. The largest absolute Gasteiger partial charge is 0.326 e. The maximum atomic E-state index is 12.4. The van der Waals surface area contributed by atoms with Crippen molar-refractivity contribution in [3.05, 3.63) is 53.3 Å². The minimum absolute atomic E-state index is 0.0765. The Balaban J connectivity index is 1.95. The van der Waals surface area contributed by atoms with Crippen LogP contribution in [0.1, 0.15) is 23.4 Å². The Morgan fingerprint density at radius 1 is 1.15 bits per heavy atom. The first-order valence-electron chi connectivity index (χ1n) is 6.02. The maximum Gasteiger partial charge on any atom is 0.263 e. The van der Waals surface area contributed by atoms with Crippen molar-refractivity contribution in [3.63, 3.8) is 0 Å². The summed E-state index contributed by atoms with van der Waals surface area (Å²) in [6.45, 7) is 1.81. The van der Waals surface area contributed by atoms with Crippen LogP contribution in [0.2, 0.25) is 0 Å². The fourth-order valence-electron chi connectivity index (χ4n) is 1.60. The van der Waals surface area contributed by atoms with E-state index in [0.717, 1.165) is 5.69 Å². The highest BCUT2D eigenvalue weighted by atomic mass is 19.3. The van der Waals surface area contributed by atoms with Crippen LogP contribution in [0.4, 0.5) is 14.5 Å². The first-order chi connectivity index (χ1) is 9.54. The van der Waals surface area contributed by atoms with Gasteiger partial charge in [0, 0.05) is 11.3 Å². The second kappa shape index (κ2) is 6.18. The second-order valence-electron chi connectivity index (χ2n) is 4.31. The SMILES string of the molecule is Cc1ccc(CC(=O)Nc2ccc(C(F)F)cc2)nn1. The van der Waals surface area contributed by atoms with Crippen LogP contribution in [0, 0.1) is 6.92 Å². The molecular weight excluding hydrogens is 264 g/mol. The van der Waals surface area contributed by atoms with Crippen LogP contribution in [0.15, 0.2) is 36.4 Å². The van der Waals surface area contributed by atoms with Gasteiger partial charge in [-0.25, -0.2) is 8.78 Å². The molecule has 1 amide bonds. The zero-order valence-corrected chi connectivity index (χ0v) is 10.8. The van der Waals surface area contributed by atoms with E-state index in [2.05, 4.69) is 15.5 Å². The highest BCUT2D eigenvalue weighted by molar-refractivity contribution is 5.91. The quantitative estimate of drug-likeness (QED) is 0.934. The minimum Gasteiger partial charge on any atom is -0.326 e. The third-order valence-electron chi connectivity index (χ3n) is 2.64. The Bertz CT molecular complexity index is 582. The van der Waals surface area contributed by atoms with Gasteiger partial charge in [-0.05, 0) is 31.2 Å². The van der Waals surface area contributed by atoms with Gasteiger partial charge in [0.2, 0.25) is 5.91 Å². The maximum absolute atomic E-state index is 12.4. The van der Waals surface area contributed by atoms with Gasteiger partial charge in [-0.2, -0.15) is 10.2 Å². The summed E-state index contributed by atoms with van der Waals surface area (Å²) in [5, 5.41) is 10.4. The summed E-state index contributed by atoms with van der Waals surface area (Å²) < 4.78 is 24.8. The zero-order chi connectivity index (χ0) is 14.5. The number of nitrogens with one attached hydrogen (secondary N) is 1. The molecule has 1 N–H and O–H groups in total. The molecule has 0 spiro atoms. The lowest BCUT2D eigenvalue weighted by atomic mass is 10.2. The van der Waals surface area contributed by atoms with E-state index in [-0.39, 0.29) is 17.9 Å². The highest BCUT2D eigenvalue weighted by Gasteiger charge is 2.08. The number of alkyl halides is 2. The number of halogens is 2. The van der Waals surface area contributed by atoms with Gasteiger partial charge in [-0.15, -0.1) is 0 Å². The molecule has 6 heteroatoms. The molecule has 1 heterocycles. The average Bonchev–Trinajstić information content (AvgIpc) is 2.42. The van der Waals surface area contributed by atoms with Gasteiger partial charge in [0.1, 0.15) is 0 Å². The number of aryl methyl sites for hydroxylation is 1. The smallest absolute Gasteiger partial charge is 0.263 e. The molecule has 104 valence electrons. The molecule has 0 aliphatic rings. The number of nitrogens with zero attached hydrogens (tertiary/aromatic N) is 2.